The summed E-state index contributed by atoms with van der Waals surface area (Å²) in [6, 6.07) is 9.21. The van der Waals surface area contributed by atoms with Crippen LogP contribution >= 0.6 is 11.6 Å². The monoisotopic (exact) mass is 319 g/mol. The Balaban J connectivity index is 1.81. The normalized spacial score (nSPS) is 15.2. The van der Waals surface area contributed by atoms with Crippen LogP contribution < -0.4 is 5.32 Å². The van der Waals surface area contributed by atoms with Gasteiger partial charge in [-0.1, -0.05) is 29.8 Å². The van der Waals surface area contributed by atoms with Crippen LogP contribution in [0.3, 0.4) is 0 Å². The highest BCUT2D eigenvalue weighted by molar-refractivity contribution is 6.31. The SMILES string of the molecule is N#CCC(=O)NC1CCN(C(=O)Cc2ccccc2Cl)CC1. The zero-order chi connectivity index (χ0) is 15.9. The van der Waals surface area contributed by atoms with E-state index in [0.717, 1.165) is 5.56 Å². The number of piperidine rings is 1. The van der Waals surface area contributed by atoms with Crippen LogP contribution in [0.1, 0.15) is 24.8 Å². The number of nitriles is 1. The van der Waals surface area contributed by atoms with E-state index in [1.54, 1.807) is 11.0 Å². The second kappa shape index (κ2) is 7.81. The van der Waals surface area contributed by atoms with Crippen molar-refractivity contribution in [2.24, 2.45) is 0 Å². The first-order chi connectivity index (χ1) is 10.6. The molecule has 1 fully saturated rings. The summed E-state index contributed by atoms with van der Waals surface area (Å²) in [5, 5.41) is 11.9. The number of hydrogen-bond donors (Lipinski definition) is 1. The van der Waals surface area contributed by atoms with E-state index in [1.807, 2.05) is 24.3 Å². The first-order valence-electron chi connectivity index (χ1n) is 7.27. The van der Waals surface area contributed by atoms with Gasteiger partial charge in [0.1, 0.15) is 6.42 Å². The van der Waals surface area contributed by atoms with Crippen molar-refractivity contribution in [3.63, 3.8) is 0 Å². The lowest BCUT2D eigenvalue weighted by Crippen LogP contribution is -2.46. The van der Waals surface area contributed by atoms with E-state index in [9.17, 15) is 9.59 Å². The summed E-state index contributed by atoms with van der Waals surface area (Å²) in [6.45, 7) is 1.22. The molecule has 5 nitrogen and oxygen atoms in total. The van der Waals surface area contributed by atoms with Crippen LogP contribution in [0, 0.1) is 11.3 Å². The molecule has 2 rings (SSSR count). The lowest BCUT2D eigenvalue weighted by atomic mass is 10.0. The van der Waals surface area contributed by atoms with Crippen LogP contribution in [0.4, 0.5) is 0 Å². The van der Waals surface area contributed by atoms with Crippen LogP contribution in [-0.2, 0) is 16.0 Å². The van der Waals surface area contributed by atoms with Gasteiger partial charge in [-0.25, -0.2) is 0 Å². The number of nitrogens with zero attached hydrogens (tertiary/aromatic N) is 2. The summed E-state index contributed by atoms with van der Waals surface area (Å²) in [4.78, 5) is 25.5. The van der Waals surface area contributed by atoms with Gasteiger partial charge in [0.05, 0.1) is 12.5 Å². The molecule has 22 heavy (non-hydrogen) atoms. The van der Waals surface area contributed by atoms with Crippen LogP contribution in [0.5, 0.6) is 0 Å². The van der Waals surface area contributed by atoms with E-state index >= 15 is 0 Å². The number of carbonyl (C=O) groups excluding carboxylic acids is 2. The molecule has 1 aromatic rings. The summed E-state index contributed by atoms with van der Waals surface area (Å²) in [6.07, 6.45) is 1.60. The van der Waals surface area contributed by atoms with Gasteiger partial charge < -0.3 is 10.2 Å². The Bertz CT molecular complexity index is 589. The second-order valence-electron chi connectivity index (χ2n) is 5.33. The Morgan fingerprint density at radius 2 is 2.00 bits per heavy atom. The molecule has 1 N–H and O–H groups in total. The minimum absolute atomic E-state index is 0.0465. The van der Waals surface area contributed by atoms with Crippen molar-refractivity contribution in [1.82, 2.24) is 10.2 Å². The molecule has 116 valence electrons. The van der Waals surface area contributed by atoms with Crippen molar-refractivity contribution in [1.29, 1.82) is 5.26 Å². The first-order valence-corrected chi connectivity index (χ1v) is 7.65. The molecule has 1 aromatic carbocycles. The Morgan fingerprint density at radius 1 is 1.32 bits per heavy atom. The first kappa shape index (κ1) is 16.3. The van der Waals surface area contributed by atoms with E-state index < -0.39 is 0 Å². The third kappa shape index (κ3) is 4.47. The third-order valence-corrected chi connectivity index (χ3v) is 4.12. The van der Waals surface area contributed by atoms with E-state index in [2.05, 4.69) is 5.32 Å². The molecule has 2 amide bonds. The van der Waals surface area contributed by atoms with Gasteiger partial charge in [0.2, 0.25) is 11.8 Å². The average molecular weight is 320 g/mol. The van der Waals surface area contributed by atoms with Gasteiger partial charge in [0.15, 0.2) is 0 Å². The van der Waals surface area contributed by atoms with Crippen LogP contribution in [-0.4, -0.2) is 35.8 Å². The summed E-state index contributed by atoms with van der Waals surface area (Å²) < 4.78 is 0. The topological polar surface area (TPSA) is 73.2 Å². The fourth-order valence-electron chi connectivity index (χ4n) is 2.54. The standard InChI is InChI=1S/C16H18ClN3O2/c17-14-4-2-1-3-12(14)11-16(22)20-9-6-13(7-10-20)19-15(21)5-8-18/h1-4,13H,5-7,9-11H2,(H,19,21). The van der Waals surface area contributed by atoms with Gasteiger partial charge in [-0.2, -0.15) is 5.26 Å². The molecule has 1 aliphatic heterocycles. The molecule has 1 heterocycles. The number of carbonyl (C=O) groups is 2. The maximum absolute atomic E-state index is 12.3. The van der Waals surface area contributed by atoms with Crippen molar-refractivity contribution >= 4 is 23.4 Å². The smallest absolute Gasteiger partial charge is 0.234 e. The van der Waals surface area contributed by atoms with E-state index in [-0.39, 0.29) is 24.3 Å². The minimum atomic E-state index is -0.247. The average Bonchev–Trinajstić information content (AvgIpc) is 2.50. The Hall–Kier alpha value is -2.06. The molecule has 0 unspecified atom stereocenters. The van der Waals surface area contributed by atoms with E-state index in [1.165, 1.54) is 0 Å². The fourth-order valence-corrected chi connectivity index (χ4v) is 2.74. The number of likely N-dealkylation sites (tertiary alicyclic amines) is 1. The summed E-state index contributed by atoms with van der Waals surface area (Å²) >= 11 is 6.07. The van der Waals surface area contributed by atoms with Crippen molar-refractivity contribution in [2.45, 2.75) is 31.7 Å². The lowest BCUT2D eigenvalue weighted by Gasteiger charge is -2.32. The van der Waals surface area contributed by atoms with Crippen LogP contribution in [0.15, 0.2) is 24.3 Å². The molecule has 0 aliphatic carbocycles. The lowest BCUT2D eigenvalue weighted by molar-refractivity contribution is -0.131. The van der Waals surface area contributed by atoms with Crippen molar-refractivity contribution in [3.8, 4) is 6.07 Å². The molecule has 0 aromatic heterocycles. The zero-order valence-corrected chi connectivity index (χ0v) is 13.0. The number of hydrogen-bond acceptors (Lipinski definition) is 3. The Morgan fingerprint density at radius 3 is 2.64 bits per heavy atom. The summed E-state index contributed by atoms with van der Waals surface area (Å²) in [7, 11) is 0. The highest BCUT2D eigenvalue weighted by Gasteiger charge is 2.24. The maximum Gasteiger partial charge on any atom is 0.234 e. The molecule has 0 atom stereocenters. The fraction of sp³-hybridized carbons (Fsp3) is 0.438. The molecule has 1 saturated heterocycles. The van der Waals surface area contributed by atoms with Gasteiger partial charge >= 0.3 is 0 Å². The van der Waals surface area contributed by atoms with Gasteiger partial charge in [0, 0.05) is 24.2 Å². The van der Waals surface area contributed by atoms with E-state index in [0.29, 0.717) is 37.4 Å². The molecular weight excluding hydrogens is 302 g/mol. The number of benzene rings is 1. The molecule has 6 heteroatoms. The highest BCUT2D eigenvalue weighted by atomic mass is 35.5. The predicted octanol–water partition coefficient (Wildman–Crippen LogP) is 1.90. The quantitative estimate of drug-likeness (QED) is 0.921. The highest BCUT2D eigenvalue weighted by Crippen LogP contribution is 2.18. The van der Waals surface area contributed by atoms with Gasteiger partial charge in [0.25, 0.3) is 0 Å². The zero-order valence-electron chi connectivity index (χ0n) is 12.2. The molecule has 0 bridgehead atoms. The summed E-state index contributed by atoms with van der Waals surface area (Å²) in [5.41, 5.74) is 0.832. The largest absolute Gasteiger partial charge is 0.352 e. The second-order valence-corrected chi connectivity index (χ2v) is 5.73. The third-order valence-electron chi connectivity index (χ3n) is 3.75. The van der Waals surface area contributed by atoms with Crippen LogP contribution in [0.25, 0.3) is 0 Å². The minimum Gasteiger partial charge on any atom is -0.352 e. The predicted molar refractivity (Wildman–Crippen MR) is 83.1 cm³/mol. The Kier molecular flexibility index (Phi) is 5.79. The molecule has 0 saturated carbocycles. The van der Waals surface area contributed by atoms with E-state index in [4.69, 9.17) is 16.9 Å². The van der Waals surface area contributed by atoms with Gasteiger partial charge in [-0.3, -0.25) is 9.59 Å². The van der Waals surface area contributed by atoms with Crippen molar-refractivity contribution < 1.29 is 9.59 Å². The maximum atomic E-state index is 12.3. The van der Waals surface area contributed by atoms with Gasteiger partial charge in [-0.05, 0) is 24.5 Å². The van der Waals surface area contributed by atoms with Crippen LogP contribution in [0.2, 0.25) is 5.02 Å². The number of amides is 2. The van der Waals surface area contributed by atoms with Gasteiger partial charge in [-0.15, -0.1) is 0 Å². The number of nitrogens with one attached hydrogen (secondary N) is 1. The van der Waals surface area contributed by atoms with Crippen molar-refractivity contribution in [2.75, 3.05) is 13.1 Å². The molecule has 0 spiro atoms. The van der Waals surface area contributed by atoms with Crippen molar-refractivity contribution in [3.05, 3.63) is 34.9 Å². The Labute approximate surface area is 134 Å². The number of halogens is 1. The summed E-state index contributed by atoms with van der Waals surface area (Å²) in [5.74, 6) is -0.196. The molecule has 0 radical (unpaired) electrons. The molecular formula is C16H18ClN3O2. The number of rotatable bonds is 4. The molecule has 1 aliphatic rings.